The number of aromatic nitrogens is 4. The molecule has 0 atom stereocenters. The molecule has 9 nitrogen and oxygen atoms in total. The molecule has 0 saturated carbocycles. The summed E-state index contributed by atoms with van der Waals surface area (Å²) >= 11 is 0. The van der Waals surface area contributed by atoms with Crippen molar-refractivity contribution in [3.63, 3.8) is 0 Å². The molecule has 0 spiro atoms. The molecule has 2 aromatic heterocycles. The van der Waals surface area contributed by atoms with E-state index in [0.717, 1.165) is 38.4 Å². The average Bonchev–Trinajstić information content (AvgIpc) is 3.20. The maximum atomic E-state index is 12.8. The van der Waals surface area contributed by atoms with Gasteiger partial charge < -0.3 is 10.1 Å². The van der Waals surface area contributed by atoms with Crippen LogP contribution in [0.2, 0.25) is 0 Å². The molecule has 3 aromatic rings. The Morgan fingerprint density at radius 1 is 1.17 bits per heavy atom. The molecule has 1 aliphatic heterocycles. The van der Waals surface area contributed by atoms with Crippen LogP contribution >= 0.6 is 0 Å². The lowest BCUT2D eigenvalue weighted by molar-refractivity contribution is -0.122. The van der Waals surface area contributed by atoms with Gasteiger partial charge in [0.25, 0.3) is 5.56 Å². The molecule has 0 radical (unpaired) electrons. The van der Waals surface area contributed by atoms with Crippen LogP contribution in [-0.4, -0.2) is 69.6 Å². The lowest BCUT2D eigenvalue weighted by Gasteiger charge is -2.26. The number of carbonyl (C=O) groups is 1. The summed E-state index contributed by atoms with van der Waals surface area (Å²) in [5, 5.41) is 11.6. The number of carbonyl (C=O) groups excluding carboxylic acids is 1. The molecule has 0 bridgehead atoms. The van der Waals surface area contributed by atoms with Crippen LogP contribution in [0, 0.1) is 6.92 Å². The predicted octanol–water partition coefficient (Wildman–Crippen LogP) is 0.315. The van der Waals surface area contributed by atoms with Gasteiger partial charge in [-0.2, -0.15) is 10.2 Å². The van der Waals surface area contributed by atoms with E-state index in [0.29, 0.717) is 23.6 Å². The summed E-state index contributed by atoms with van der Waals surface area (Å²) in [6.07, 6.45) is 0. The standard InChI is InChI=1S/C20H24N6O3/c1-15-22-25(14-19(27)21-7-8-24-9-11-29-12-10-24)20(28)18-13-17(23-26(15)18)16-5-3-2-4-6-16/h2-6,13H,7-12,14H2,1H3,(H,21,27). The number of aryl methyl sites for hydroxylation is 1. The molecule has 3 heterocycles. The first kappa shape index (κ1) is 19.3. The molecule has 0 aliphatic carbocycles. The van der Waals surface area contributed by atoms with E-state index in [1.807, 2.05) is 30.3 Å². The van der Waals surface area contributed by atoms with E-state index in [4.69, 9.17) is 4.74 Å². The number of hydrogen-bond donors (Lipinski definition) is 1. The predicted molar refractivity (Wildman–Crippen MR) is 108 cm³/mol. The Morgan fingerprint density at radius 3 is 2.69 bits per heavy atom. The van der Waals surface area contributed by atoms with Crippen molar-refractivity contribution in [2.45, 2.75) is 13.5 Å². The lowest BCUT2D eigenvalue weighted by atomic mass is 10.1. The zero-order chi connectivity index (χ0) is 20.2. The van der Waals surface area contributed by atoms with Crippen LogP contribution in [-0.2, 0) is 16.1 Å². The molecule has 29 heavy (non-hydrogen) atoms. The number of morpholine rings is 1. The average molecular weight is 396 g/mol. The van der Waals surface area contributed by atoms with E-state index in [-0.39, 0.29) is 18.0 Å². The Hall–Kier alpha value is -3.04. The van der Waals surface area contributed by atoms with Crippen LogP contribution < -0.4 is 10.9 Å². The van der Waals surface area contributed by atoms with E-state index < -0.39 is 0 Å². The highest BCUT2D eigenvalue weighted by Crippen LogP contribution is 2.18. The SMILES string of the molecule is Cc1nn(CC(=O)NCCN2CCOCC2)c(=O)c2cc(-c3ccccc3)nn12. The molecule has 1 aromatic carbocycles. The van der Waals surface area contributed by atoms with Gasteiger partial charge in [-0.25, -0.2) is 9.20 Å². The van der Waals surface area contributed by atoms with Gasteiger partial charge in [0.15, 0.2) is 0 Å². The molecule has 1 amide bonds. The molecule has 1 fully saturated rings. The van der Waals surface area contributed by atoms with Crippen LogP contribution in [0.25, 0.3) is 16.8 Å². The summed E-state index contributed by atoms with van der Waals surface area (Å²) < 4.78 is 8.04. The molecule has 1 N–H and O–H groups in total. The number of fused-ring (bicyclic) bond motifs is 1. The third-order valence-corrected chi connectivity index (χ3v) is 4.95. The van der Waals surface area contributed by atoms with Crippen LogP contribution in [0.3, 0.4) is 0 Å². The van der Waals surface area contributed by atoms with Crippen molar-refractivity contribution in [3.05, 3.63) is 52.6 Å². The lowest BCUT2D eigenvalue weighted by Crippen LogP contribution is -2.42. The summed E-state index contributed by atoms with van der Waals surface area (Å²) in [6, 6.07) is 11.4. The highest BCUT2D eigenvalue weighted by atomic mass is 16.5. The molecular formula is C20H24N6O3. The van der Waals surface area contributed by atoms with E-state index >= 15 is 0 Å². The Kier molecular flexibility index (Phi) is 5.68. The van der Waals surface area contributed by atoms with Gasteiger partial charge in [0, 0.05) is 31.7 Å². The number of hydrogen-bond acceptors (Lipinski definition) is 6. The minimum Gasteiger partial charge on any atom is -0.379 e. The highest BCUT2D eigenvalue weighted by molar-refractivity contribution is 5.75. The number of ether oxygens (including phenoxy) is 1. The summed E-state index contributed by atoms with van der Waals surface area (Å²) in [4.78, 5) is 27.4. The van der Waals surface area contributed by atoms with E-state index in [2.05, 4.69) is 20.4 Å². The minimum absolute atomic E-state index is 0.120. The van der Waals surface area contributed by atoms with Gasteiger partial charge in [0.1, 0.15) is 17.9 Å². The van der Waals surface area contributed by atoms with Crippen molar-refractivity contribution in [3.8, 4) is 11.3 Å². The van der Waals surface area contributed by atoms with E-state index in [1.165, 1.54) is 9.20 Å². The number of rotatable bonds is 6. The zero-order valence-corrected chi connectivity index (χ0v) is 16.4. The first-order valence-electron chi connectivity index (χ1n) is 9.71. The monoisotopic (exact) mass is 396 g/mol. The van der Waals surface area contributed by atoms with Gasteiger partial charge in [-0.1, -0.05) is 30.3 Å². The van der Waals surface area contributed by atoms with Crippen molar-refractivity contribution >= 4 is 11.4 Å². The van der Waals surface area contributed by atoms with E-state index in [1.54, 1.807) is 13.0 Å². The fourth-order valence-electron chi connectivity index (χ4n) is 3.40. The Labute approximate surface area is 167 Å². The van der Waals surface area contributed by atoms with E-state index in [9.17, 15) is 9.59 Å². The number of benzene rings is 1. The van der Waals surface area contributed by atoms with Gasteiger partial charge in [0.2, 0.25) is 5.91 Å². The maximum Gasteiger partial charge on any atom is 0.293 e. The van der Waals surface area contributed by atoms with Crippen molar-refractivity contribution in [2.75, 3.05) is 39.4 Å². The second-order valence-electron chi connectivity index (χ2n) is 7.01. The smallest absolute Gasteiger partial charge is 0.293 e. The highest BCUT2D eigenvalue weighted by Gasteiger charge is 2.15. The minimum atomic E-state index is -0.339. The van der Waals surface area contributed by atoms with Crippen molar-refractivity contribution in [2.24, 2.45) is 0 Å². The fraction of sp³-hybridized carbons (Fsp3) is 0.400. The first-order valence-corrected chi connectivity index (χ1v) is 9.71. The zero-order valence-electron chi connectivity index (χ0n) is 16.4. The Bertz CT molecular complexity index is 1050. The molecule has 4 rings (SSSR count). The van der Waals surface area contributed by atoms with Crippen LogP contribution in [0.15, 0.2) is 41.2 Å². The summed E-state index contributed by atoms with van der Waals surface area (Å²) in [7, 11) is 0. The maximum absolute atomic E-state index is 12.8. The summed E-state index contributed by atoms with van der Waals surface area (Å²) in [5.74, 6) is 0.308. The van der Waals surface area contributed by atoms with Gasteiger partial charge in [-0.05, 0) is 13.0 Å². The van der Waals surface area contributed by atoms with Crippen LogP contribution in [0.1, 0.15) is 5.82 Å². The van der Waals surface area contributed by atoms with Crippen molar-refractivity contribution in [1.29, 1.82) is 0 Å². The molecule has 1 aliphatic rings. The van der Waals surface area contributed by atoms with Gasteiger partial charge in [-0.15, -0.1) is 0 Å². The summed E-state index contributed by atoms with van der Waals surface area (Å²) in [6.45, 7) is 6.13. The second-order valence-corrected chi connectivity index (χ2v) is 7.01. The number of amides is 1. The van der Waals surface area contributed by atoms with Gasteiger partial charge in [-0.3, -0.25) is 14.5 Å². The third kappa shape index (κ3) is 4.36. The van der Waals surface area contributed by atoms with Gasteiger partial charge in [0.05, 0.1) is 18.9 Å². The van der Waals surface area contributed by atoms with Crippen LogP contribution in [0.5, 0.6) is 0 Å². The topological polar surface area (TPSA) is 93.8 Å². The Balaban J connectivity index is 1.46. The Morgan fingerprint density at radius 2 is 1.93 bits per heavy atom. The van der Waals surface area contributed by atoms with Crippen molar-refractivity contribution in [1.82, 2.24) is 29.6 Å². The molecular weight excluding hydrogens is 372 g/mol. The normalized spacial score (nSPS) is 14.9. The molecule has 9 heteroatoms. The quantitative estimate of drug-likeness (QED) is 0.645. The number of nitrogens with zero attached hydrogens (tertiary/aromatic N) is 5. The van der Waals surface area contributed by atoms with Gasteiger partial charge >= 0.3 is 0 Å². The van der Waals surface area contributed by atoms with Crippen LogP contribution in [0.4, 0.5) is 0 Å². The molecule has 1 saturated heterocycles. The second kappa shape index (κ2) is 8.54. The largest absolute Gasteiger partial charge is 0.379 e. The molecule has 152 valence electrons. The fourth-order valence-corrected chi connectivity index (χ4v) is 3.40. The van der Waals surface area contributed by atoms with Crippen molar-refractivity contribution < 1.29 is 9.53 Å². The first-order chi connectivity index (χ1) is 14.1. The third-order valence-electron chi connectivity index (χ3n) is 4.95. The molecule has 0 unspecified atom stereocenters. The number of nitrogens with one attached hydrogen (secondary N) is 1. The summed E-state index contributed by atoms with van der Waals surface area (Å²) in [5.41, 5.74) is 1.67.